The number of rotatable bonds is 3. The molecule has 114 valence electrons. The summed E-state index contributed by atoms with van der Waals surface area (Å²) >= 11 is 0. The minimum Gasteiger partial charge on any atom is -0.481 e. The van der Waals surface area contributed by atoms with Gasteiger partial charge >= 0.3 is 5.97 Å². The van der Waals surface area contributed by atoms with Crippen LogP contribution in [0, 0.1) is 11.8 Å². The number of nitrogens with one attached hydrogen (secondary N) is 1. The van der Waals surface area contributed by atoms with Gasteiger partial charge in [-0.25, -0.2) is 0 Å². The zero-order valence-corrected chi connectivity index (χ0v) is 12.2. The van der Waals surface area contributed by atoms with Crippen molar-refractivity contribution in [3.63, 3.8) is 0 Å². The van der Waals surface area contributed by atoms with Crippen molar-refractivity contribution in [2.24, 2.45) is 11.8 Å². The van der Waals surface area contributed by atoms with Crippen LogP contribution < -0.4 is 5.32 Å². The highest BCUT2D eigenvalue weighted by atomic mass is 16.4. The second kappa shape index (κ2) is 6.13. The first-order valence-electron chi connectivity index (χ1n) is 7.52. The molecular formula is C17H18N2O3. The minimum absolute atomic E-state index is 0.0212. The van der Waals surface area contributed by atoms with Gasteiger partial charge in [0, 0.05) is 23.2 Å². The van der Waals surface area contributed by atoms with Gasteiger partial charge in [-0.05, 0) is 49.9 Å². The van der Waals surface area contributed by atoms with E-state index in [4.69, 9.17) is 5.11 Å². The highest BCUT2D eigenvalue weighted by Crippen LogP contribution is 2.30. The van der Waals surface area contributed by atoms with Crippen LogP contribution in [0.3, 0.4) is 0 Å². The Kier molecular flexibility index (Phi) is 4.04. The van der Waals surface area contributed by atoms with Gasteiger partial charge < -0.3 is 10.4 Å². The molecule has 22 heavy (non-hydrogen) atoms. The van der Waals surface area contributed by atoms with E-state index in [1.807, 2.05) is 30.3 Å². The number of anilines is 1. The molecule has 0 saturated heterocycles. The van der Waals surface area contributed by atoms with Crippen molar-refractivity contribution >= 4 is 28.5 Å². The first-order chi connectivity index (χ1) is 10.6. The molecular weight excluding hydrogens is 280 g/mol. The molecule has 1 aromatic heterocycles. The number of carbonyl (C=O) groups is 2. The number of fused-ring (bicyclic) bond motifs is 1. The monoisotopic (exact) mass is 298 g/mol. The van der Waals surface area contributed by atoms with Gasteiger partial charge in [-0.3, -0.25) is 14.6 Å². The van der Waals surface area contributed by atoms with Gasteiger partial charge in [0.2, 0.25) is 5.91 Å². The lowest BCUT2D eigenvalue weighted by Crippen LogP contribution is -2.29. The van der Waals surface area contributed by atoms with Crippen LogP contribution in [0.25, 0.3) is 10.9 Å². The fraction of sp³-hybridized carbons (Fsp3) is 0.353. The Morgan fingerprint density at radius 2 is 1.82 bits per heavy atom. The fourth-order valence-corrected chi connectivity index (χ4v) is 3.00. The molecule has 2 N–H and O–H groups in total. The molecule has 2 aromatic rings. The second-order valence-corrected chi connectivity index (χ2v) is 5.79. The Labute approximate surface area is 128 Å². The van der Waals surface area contributed by atoms with E-state index >= 15 is 0 Å². The molecule has 1 amide bonds. The molecule has 0 bridgehead atoms. The Bertz CT molecular complexity index is 706. The number of hydrogen-bond acceptors (Lipinski definition) is 3. The molecule has 1 heterocycles. The minimum atomic E-state index is -0.749. The summed E-state index contributed by atoms with van der Waals surface area (Å²) in [7, 11) is 0. The van der Waals surface area contributed by atoms with Gasteiger partial charge in [0.05, 0.1) is 11.4 Å². The van der Waals surface area contributed by atoms with Crippen LogP contribution in [0.15, 0.2) is 36.5 Å². The molecule has 0 atom stereocenters. The number of aromatic nitrogens is 1. The van der Waals surface area contributed by atoms with Crippen molar-refractivity contribution in [3.8, 4) is 0 Å². The SMILES string of the molecule is O=C(O)C1CCC(C(=O)Nc2ccc3ncccc3c2)CC1. The summed E-state index contributed by atoms with van der Waals surface area (Å²) in [5, 5.41) is 12.9. The molecule has 1 saturated carbocycles. The fourth-order valence-electron chi connectivity index (χ4n) is 3.00. The average molecular weight is 298 g/mol. The third-order valence-electron chi connectivity index (χ3n) is 4.32. The molecule has 3 rings (SSSR count). The standard InChI is InChI=1S/C17H18N2O3/c20-16(11-3-5-12(6-4-11)17(21)22)19-14-7-8-15-13(10-14)2-1-9-18-15/h1-2,7-12H,3-6H2,(H,19,20)(H,21,22). The Morgan fingerprint density at radius 3 is 2.55 bits per heavy atom. The normalized spacial score (nSPS) is 21.5. The van der Waals surface area contributed by atoms with Crippen LogP contribution in [-0.4, -0.2) is 22.0 Å². The van der Waals surface area contributed by atoms with Crippen LogP contribution in [0.1, 0.15) is 25.7 Å². The number of carboxylic acid groups (broad SMARTS) is 1. The van der Waals surface area contributed by atoms with Gasteiger partial charge in [0.15, 0.2) is 0 Å². The summed E-state index contributed by atoms with van der Waals surface area (Å²) in [6.45, 7) is 0. The van der Waals surface area contributed by atoms with Crippen LogP contribution >= 0.6 is 0 Å². The van der Waals surface area contributed by atoms with Crippen molar-refractivity contribution in [1.82, 2.24) is 4.98 Å². The highest BCUT2D eigenvalue weighted by Gasteiger charge is 2.29. The molecule has 5 nitrogen and oxygen atoms in total. The summed E-state index contributed by atoms with van der Waals surface area (Å²) in [5.74, 6) is -1.16. The molecule has 1 aromatic carbocycles. The average Bonchev–Trinajstić information content (AvgIpc) is 2.55. The van der Waals surface area contributed by atoms with Gasteiger partial charge in [0.1, 0.15) is 0 Å². The maximum atomic E-state index is 12.3. The summed E-state index contributed by atoms with van der Waals surface area (Å²) in [5.41, 5.74) is 1.65. The summed E-state index contributed by atoms with van der Waals surface area (Å²) in [6.07, 6.45) is 4.17. The number of aliphatic carboxylic acids is 1. The van der Waals surface area contributed by atoms with Gasteiger partial charge in [-0.2, -0.15) is 0 Å². The largest absolute Gasteiger partial charge is 0.481 e. The van der Waals surface area contributed by atoms with Gasteiger partial charge in [0.25, 0.3) is 0 Å². The molecule has 1 aliphatic rings. The number of carbonyl (C=O) groups excluding carboxylic acids is 1. The lowest BCUT2D eigenvalue weighted by Gasteiger charge is -2.25. The molecule has 1 fully saturated rings. The first-order valence-corrected chi connectivity index (χ1v) is 7.52. The van der Waals surface area contributed by atoms with Crippen molar-refractivity contribution in [2.45, 2.75) is 25.7 Å². The second-order valence-electron chi connectivity index (χ2n) is 5.79. The first kappa shape index (κ1) is 14.5. The van der Waals surface area contributed by atoms with Crippen LogP contribution in [0.4, 0.5) is 5.69 Å². The predicted octanol–water partition coefficient (Wildman–Crippen LogP) is 3.06. The number of benzene rings is 1. The Hall–Kier alpha value is -2.43. The quantitative estimate of drug-likeness (QED) is 0.912. The molecule has 0 unspecified atom stereocenters. The summed E-state index contributed by atoms with van der Waals surface area (Å²) in [6, 6.07) is 9.45. The third-order valence-corrected chi connectivity index (χ3v) is 4.32. The van der Waals surface area contributed by atoms with Crippen LogP contribution in [-0.2, 0) is 9.59 Å². The molecule has 1 aliphatic carbocycles. The van der Waals surface area contributed by atoms with Gasteiger partial charge in [-0.15, -0.1) is 0 Å². The smallest absolute Gasteiger partial charge is 0.306 e. The maximum absolute atomic E-state index is 12.3. The van der Waals surface area contributed by atoms with E-state index in [2.05, 4.69) is 10.3 Å². The van der Waals surface area contributed by atoms with Crippen molar-refractivity contribution in [2.75, 3.05) is 5.32 Å². The van der Waals surface area contributed by atoms with Gasteiger partial charge in [-0.1, -0.05) is 6.07 Å². The maximum Gasteiger partial charge on any atom is 0.306 e. The van der Waals surface area contributed by atoms with E-state index in [9.17, 15) is 9.59 Å². The third kappa shape index (κ3) is 3.08. The summed E-state index contributed by atoms with van der Waals surface area (Å²) < 4.78 is 0. The number of hydrogen-bond donors (Lipinski definition) is 2. The molecule has 0 spiro atoms. The number of carboxylic acids is 1. The number of pyridine rings is 1. The highest BCUT2D eigenvalue weighted by molar-refractivity contribution is 5.95. The van der Waals surface area contributed by atoms with E-state index in [1.165, 1.54) is 0 Å². The summed E-state index contributed by atoms with van der Waals surface area (Å²) in [4.78, 5) is 27.5. The lowest BCUT2D eigenvalue weighted by atomic mass is 9.81. The van der Waals surface area contributed by atoms with Crippen molar-refractivity contribution in [3.05, 3.63) is 36.5 Å². The lowest BCUT2D eigenvalue weighted by molar-refractivity contribution is -0.143. The van der Waals surface area contributed by atoms with Crippen molar-refractivity contribution < 1.29 is 14.7 Å². The van der Waals surface area contributed by atoms with Crippen LogP contribution in [0.2, 0.25) is 0 Å². The zero-order valence-electron chi connectivity index (χ0n) is 12.2. The number of nitrogens with zero attached hydrogens (tertiary/aromatic N) is 1. The topological polar surface area (TPSA) is 79.3 Å². The Balaban J connectivity index is 1.65. The molecule has 0 aliphatic heterocycles. The Morgan fingerprint density at radius 1 is 1.09 bits per heavy atom. The zero-order chi connectivity index (χ0) is 15.5. The van der Waals surface area contributed by atoms with E-state index in [0.29, 0.717) is 25.7 Å². The predicted molar refractivity (Wildman–Crippen MR) is 83.5 cm³/mol. The number of amides is 1. The molecule has 0 radical (unpaired) electrons. The van der Waals surface area contributed by atoms with E-state index in [-0.39, 0.29) is 17.7 Å². The van der Waals surface area contributed by atoms with E-state index < -0.39 is 5.97 Å². The van der Waals surface area contributed by atoms with E-state index in [0.717, 1.165) is 16.6 Å². The molecule has 5 heteroatoms. The van der Waals surface area contributed by atoms with E-state index in [1.54, 1.807) is 6.20 Å². The van der Waals surface area contributed by atoms with Crippen LogP contribution in [0.5, 0.6) is 0 Å². The van der Waals surface area contributed by atoms with Crippen molar-refractivity contribution in [1.29, 1.82) is 0 Å².